The second-order valence-corrected chi connectivity index (χ2v) is 4.04. The van der Waals surface area contributed by atoms with Crippen molar-refractivity contribution >= 4 is 5.78 Å². The van der Waals surface area contributed by atoms with Crippen LogP contribution in [-0.4, -0.2) is 30.3 Å². The van der Waals surface area contributed by atoms with Gasteiger partial charge in [0, 0.05) is 5.56 Å². The van der Waals surface area contributed by atoms with Crippen molar-refractivity contribution in [3.8, 4) is 0 Å². The average Bonchev–Trinajstić information content (AvgIpc) is 2.74. The predicted octanol–water partition coefficient (Wildman–Crippen LogP) is 2.24. The molecule has 1 aromatic rings. The van der Waals surface area contributed by atoms with Gasteiger partial charge in [-0.05, 0) is 44.1 Å². The molecule has 2 rings (SSSR count). The summed E-state index contributed by atoms with van der Waals surface area (Å²) in [5.74, 6) is -2.04. The smallest absolute Gasteiger partial charge is 0.176 e. The molecule has 1 aromatic carbocycles. The minimum atomic E-state index is -0.965. The number of rotatable bonds is 3. The van der Waals surface area contributed by atoms with Crippen molar-refractivity contribution in [1.29, 1.82) is 0 Å². The fourth-order valence-corrected chi connectivity index (χ4v) is 1.90. The average molecular weight is 225 g/mol. The molecule has 0 saturated carbocycles. The Bertz CT molecular complexity index is 400. The van der Waals surface area contributed by atoms with Gasteiger partial charge in [0.25, 0.3) is 0 Å². The van der Waals surface area contributed by atoms with Gasteiger partial charge in [0.2, 0.25) is 0 Å². The van der Waals surface area contributed by atoms with E-state index in [2.05, 4.69) is 0 Å². The van der Waals surface area contributed by atoms with E-state index in [4.69, 9.17) is 0 Å². The standard InChI is InChI=1S/C12H13F2NO/c13-10-4-3-9(7-11(10)14)12(16)8-15-5-1-2-6-15/h3-4,7H,1-2,5-6,8H2. The van der Waals surface area contributed by atoms with Crippen LogP contribution >= 0.6 is 0 Å². The maximum absolute atomic E-state index is 12.9. The van der Waals surface area contributed by atoms with Gasteiger partial charge in [-0.1, -0.05) is 0 Å². The predicted molar refractivity (Wildman–Crippen MR) is 56.4 cm³/mol. The first-order chi connectivity index (χ1) is 7.66. The molecule has 86 valence electrons. The lowest BCUT2D eigenvalue weighted by molar-refractivity contribution is 0.0945. The molecule has 1 heterocycles. The highest BCUT2D eigenvalue weighted by molar-refractivity contribution is 5.97. The van der Waals surface area contributed by atoms with Crippen LogP contribution < -0.4 is 0 Å². The van der Waals surface area contributed by atoms with Crippen molar-refractivity contribution in [2.45, 2.75) is 12.8 Å². The van der Waals surface area contributed by atoms with Crippen LogP contribution in [0.15, 0.2) is 18.2 Å². The summed E-state index contributed by atoms with van der Waals surface area (Å²) in [6, 6.07) is 3.29. The molecule has 0 radical (unpaired) electrons. The van der Waals surface area contributed by atoms with Gasteiger partial charge in [-0.25, -0.2) is 8.78 Å². The third-order valence-electron chi connectivity index (χ3n) is 2.81. The number of nitrogens with zero attached hydrogens (tertiary/aromatic N) is 1. The van der Waals surface area contributed by atoms with Gasteiger partial charge in [-0.3, -0.25) is 9.69 Å². The van der Waals surface area contributed by atoms with Crippen LogP contribution in [0.4, 0.5) is 8.78 Å². The van der Waals surface area contributed by atoms with Crippen LogP contribution in [0.3, 0.4) is 0 Å². The molecule has 0 atom stereocenters. The molecule has 2 nitrogen and oxygen atoms in total. The Morgan fingerprint density at radius 1 is 1.19 bits per heavy atom. The fraction of sp³-hybridized carbons (Fsp3) is 0.417. The van der Waals surface area contributed by atoms with Gasteiger partial charge in [0.05, 0.1) is 6.54 Å². The van der Waals surface area contributed by atoms with E-state index in [9.17, 15) is 13.6 Å². The van der Waals surface area contributed by atoms with Crippen LogP contribution in [0.5, 0.6) is 0 Å². The number of carbonyl (C=O) groups excluding carboxylic acids is 1. The molecule has 16 heavy (non-hydrogen) atoms. The van der Waals surface area contributed by atoms with E-state index in [1.807, 2.05) is 4.90 Å². The summed E-state index contributed by atoms with van der Waals surface area (Å²) < 4.78 is 25.6. The van der Waals surface area contributed by atoms with E-state index in [0.717, 1.165) is 38.1 Å². The van der Waals surface area contributed by atoms with Crippen molar-refractivity contribution in [3.63, 3.8) is 0 Å². The third-order valence-corrected chi connectivity index (χ3v) is 2.81. The van der Waals surface area contributed by atoms with E-state index in [0.29, 0.717) is 6.54 Å². The summed E-state index contributed by atoms with van der Waals surface area (Å²) in [5, 5.41) is 0. The monoisotopic (exact) mass is 225 g/mol. The van der Waals surface area contributed by atoms with Crippen LogP contribution in [0.1, 0.15) is 23.2 Å². The Kier molecular flexibility index (Phi) is 3.29. The van der Waals surface area contributed by atoms with Gasteiger partial charge in [0.1, 0.15) is 0 Å². The molecule has 1 saturated heterocycles. The van der Waals surface area contributed by atoms with Gasteiger partial charge in [-0.15, -0.1) is 0 Å². The number of hydrogen-bond donors (Lipinski definition) is 0. The summed E-state index contributed by atoms with van der Waals surface area (Å²) in [5.41, 5.74) is 0.241. The Hall–Kier alpha value is -1.29. The zero-order valence-electron chi connectivity index (χ0n) is 8.88. The highest BCUT2D eigenvalue weighted by Crippen LogP contribution is 2.12. The first kappa shape index (κ1) is 11.2. The van der Waals surface area contributed by atoms with Crippen molar-refractivity contribution < 1.29 is 13.6 Å². The maximum Gasteiger partial charge on any atom is 0.176 e. The molecule has 4 heteroatoms. The lowest BCUT2D eigenvalue weighted by Crippen LogP contribution is -2.26. The summed E-state index contributed by atoms with van der Waals surface area (Å²) in [6.07, 6.45) is 2.20. The zero-order valence-corrected chi connectivity index (χ0v) is 8.88. The fourth-order valence-electron chi connectivity index (χ4n) is 1.90. The molecule has 0 N–H and O–H groups in total. The summed E-state index contributed by atoms with van der Waals surface area (Å²) in [7, 11) is 0. The largest absolute Gasteiger partial charge is 0.296 e. The zero-order chi connectivity index (χ0) is 11.5. The Balaban J connectivity index is 2.05. The number of carbonyl (C=O) groups is 1. The Morgan fingerprint density at radius 2 is 1.88 bits per heavy atom. The van der Waals surface area contributed by atoms with E-state index in [1.54, 1.807) is 0 Å². The van der Waals surface area contributed by atoms with Crippen molar-refractivity contribution in [1.82, 2.24) is 4.90 Å². The highest BCUT2D eigenvalue weighted by atomic mass is 19.2. The minimum absolute atomic E-state index is 0.152. The quantitative estimate of drug-likeness (QED) is 0.735. The van der Waals surface area contributed by atoms with Crippen LogP contribution in [0, 0.1) is 11.6 Å². The molecule has 1 fully saturated rings. The second kappa shape index (κ2) is 4.70. The summed E-state index contributed by atoms with van der Waals surface area (Å²) in [4.78, 5) is 13.8. The topological polar surface area (TPSA) is 20.3 Å². The first-order valence-electron chi connectivity index (χ1n) is 5.37. The van der Waals surface area contributed by atoms with E-state index in [-0.39, 0.29) is 11.3 Å². The third kappa shape index (κ3) is 2.44. The molecule has 0 spiro atoms. The number of likely N-dealkylation sites (tertiary alicyclic amines) is 1. The van der Waals surface area contributed by atoms with Gasteiger partial charge in [-0.2, -0.15) is 0 Å². The minimum Gasteiger partial charge on any atom is -0.296 e. The maximum atomic E-state index is 12.9. The normalized spacial score (nSPS) is 16.6. The van der Waals surface area contributed by atoms with Gasteiger partial charge < -0.3 is 0 Å². The number of Topliss-reactive ketones (excluding diaryl/α,β-unsaturated/α-hetero) is 1. The molecule has 1 aliphatic heterocycles. The van der Waals surface area contributed by atoms with Crippen LogP contribution in [0.2, 0.25) is 0 Å². The van der Waals surface area contributed by atoms with Crippen LogP contribution in [-0.2, 0) is 0 Å². The SMILES string of the molecule is O=C(CN1CCCC1)c1ccc(F)c(F)c1. The molecular weight excluding hydrogens is 212 g/mol. The number of ketones is 1. The van der Waals surface area contributed by atoms with Gasteiger partial charge in [0.15, 0.2) is 17.4 Å². The lowest BCUT2D eigenvalue weighted by atomic mass is 10.1. The van der Waals surface area contributed by atoms with E-state index < -0.39 is 11.6 Å². The first-order valence-corrected chi connectivity index (χ1v) is 5.37. The van der Waals surface area contributed by atoms with Crippen molar-refractivity contribution in [3.05, 3.63) is 35.4 Å². The molecule has 0 bridgehead atoms. The Morgan fingerprint density at radius 3 is 2.50 bits per heavy atom. The lowest BCUT2D eigenvalue weighted by Gasteiger charge is -2.13. The van der Waals surface area contributed by atoms with Crippen molar-refractivity contribution in [2.75, 3.05) is 19.6 Å². The van der Waals surface area contributed by atoms with Crippen molar-refractivity contribution in [2.24, 2.45) is 0 Å². The highest BCUT2D eigenvalue weighted by Gasteiger charge is 2.17. The summed E-state index contributed by atoms with van der Waals surface area (Å²) >= 11 is 0. The van der Waals surface area contributed by atoms with E-state index >= 15 is 0 Å². The van der Waals surface area contributed by atoms with E-state index in [1.165, 1.54) is 6.07 Å². The number of hydrogen-bond acceptors (Lipinski definition) is 2. The molecule has 0 unspecified atom stereocenters. The van der Waals surface area contributed by atoms with Gasteiger partial charge >= 0.3 is 0 Å². The van der Waals surface area contributed by atoms with Crippen LogP contribution in [0.25, 0.3) is 0 Å². The molecule has 0 aromatic heterocycles. The second-order valence-electron chi connectivity index (χ2n) is 4.04. The summed E-state index contributed by atoms with van der Waals surface area (Å²) in [6.45, 7) is 2.12. The Labute approximate surface area is 92.9 Å². The number of halogens is 2. The molecule has 0 amide bonds. The molecule has 0 aliphatic carbocycles. The molecular formula is C12H13F2NO. The number of benzene rings is 1. The molecule has 1 aliphatic rings.